The predicted octanol–water partition coefficient (Wildman–Crippen LogP) is 2.95. The Morgan fingerprint density at radius 3 is 2.73 bits per heavy atom. The smallest absolute Gasteiger partial charge is 0.345 e. The number of benzene rings is 1. The monoisotopic (exact) mass is 354 g/mol. The van der Waals surface area contributed by atoms with E-state index >= 15 is 0 Å². The normalized spacial score (nSPS) is 10.7. The van der Waals surface area contributed by atoms with Gasteiger partial charge in [-0.25, -0.2) is 9.78 Å². The molecule has 0 radical (unpaired) electrons. The maximum absolute atomic E-state index is 13.1. The van der Waals surface area contributed by atoms with Gasteiger partial charge in [0.2, 0.25) is 5.43 Å². The Labute approximate surface area is 149 Å². The fourth-order valence-electron chi connectivity index (χ4n) is 2.60. The minimum absolute atomic E-state index is 0.159. The summed E-state index contributed by atoms with van der Waals surface area (Å²) in [6.07, 6.45) is 4.37. The number of ether oxygens (including phenoxy) is 2. The van der Waals surface area contributed by atoms with Gasteiger partial charge in [0.15, 0.2) is 0 Å². The molecule has 7 heteroatoms. The lowest BCUT2D eigenvalue weighted by atomic mass is 10.0. The zero-order valence-electron chi connectivity index (χ0n) is 14.5. The molecule has 0 aliphatic carbocycles. The second-order valence-corrected chi connectivity index (χ2v) is 5.41. The molecule has 1 aromatic carbocycles. The van der Waals surface area contributed by atoms with E-state index in [0.717, 1.165) is 6.26 Å². The minimum Gasteiger partial charge on any atom is -0.462 e. The number of rotatable bonds is 6. The molecule has 0 N–H and O–H groups in total. The van der Waals surface area contributed by atoms with Crippen molar-refractivity contribution in [3.63, 3.8) is 0 Å². The van der Waals surface area contributed by atoms with E-state index in [1.807, 2.05) is 30.3 Å². The van der Waals surface area contributed by atoms with Gasteiger partial charge in [-0.3, -0.25) is 4.79 Å². The molecular weight excluding hydrogens is 336 g/mol. The lowest BCUT2D eigenvalue weighted by Gasteiger charge is -2.11. The van der Waals surface area contributed by atoms with Crippen molar-refractivity contribution in [3.8, 4) is 22.7 Å². The number of imidazole rings is 1. The molecule has 0 saturated heterocycles. The Morgan fingerprint density at radius 2 is 2.04 bits per heavy atom. The first kappa shape index (κ1) is 17.6. The highest BCUT2D eigenvalue weighted by atomic mass is 16.5. The number of hydrogen-bond donors (Lipinski definition) is 0. The third kappa shape index (κ3) is 3.29. The first-order chi connectivity index (χ1) is 12.7. The van der Waals surface area contributed by atoms with Crippen LogP contribution in [0.15, 0.2) is 58.2 Å². The van der Waals surface area contributed by atoms with Gasteiger partial charge in [-0.1, -0.05) is 30.3 Å². The molecule has 3 aromatic rings. The van der Waals surface area contributed by atoms with Crippen LogP contribution in [0.3, 0.4) is 0 Å². The zero-order chi connectivity index (χ0) is 18.5. The molecule has 2 aromatic heterocycles. The molecule has 0 amide bonds. The molecule has 0 unspecified atom stereocenters. The van der Waals surface area contributed by atoms with E-state index in [4.69, 9.17) is 13.9 Å². The summed E-state index contributed by atoms with van der Waals surface area (Å²) in [7, 11) is 1.54. The van der Waals surface area contributed by atoms with Gasteiger partial charge < -0.3 is 18.5 Å². The summed E-state index contributed by atoms with van der Waals surface area (Å²) in [6, 6.07) is 9.16. The van der Waals surface area contributed by atoms with Crippen molar-refractivity contribution >= 4 is 5.97 Å². The minimum atomic E-state index is -0.730. The van der Waals surface area contributed by atoms with Crippen molar-refractivity contribution in [2.75, 3.05) is 13.7 Å². The van der Waals surface area contributed by atoms with Crippen molar-refractivity contribution < 1.29 is 18.7 Å². The van der Waals surface area contributed by atoms with E-state index in [-0.39, 0.29) is 24.5 Å². The fraction of sp³-hybridized carbons (Fsp3) is 0.211. The van der Waals surface area contributed by atoms with Gasteiger partial charge in [-0.15, -0.1) is 0 Å². The van der Waals surface area contributed by atoms with Crippen LogP contribution in [-0.4, -0.2) is 29.2 Å². The first-order valence-corrected chi connectivity index (χ1v) is 8.06. The second kappa shape index (κ2) is 7.79. The number of nitrogens with zero attached hydrogens (tertiary/aromatic N) is 2. The first-order valence-electron chi connectivity index (χ1n) is 8.06. The maximum atomic E-state index is 13.1. The molecule has 0 spiro atoms. The van der Waals surface area contributed by atoms with Gasteiger partial charge >= 0.3 is 5.97 Å². The van der Waals surface area contributed by atoms with Gasteiger partial charge in [-0.2, -0.15) is 0 Å². The molecule has 0 atom stereocenters. The Kier molecular flexibility index (Phi) is 5.28. The molecule has 3 rings (SSSR count). The summed E-state index contributed by atoms with van der Waals surface area (Å²) >= 11 is 0. The van der Waals surface area contributed by atoms with Crippen molar-refractivity contribution in [2.45, 2.75) is 13.7 Å². The summed E-state index contributed by atoms with van der Waals surface area (Å²) in [4.78, 5) is 29.5. The number of carbonyl (C=O) groups excluding carboxylic acids is 1. The van der Waals surface area contributed by atoms with Crippen LogP contribution in [0.25, 0.3) is 22.7 Å². The van der Waals surface area contributed by atoms with Crippen LogP contribution >= 0.6 is 0 Å². The van der Waals surface area contributed by atoms with Gasteiger partial charge in [0.1, 0.15) is 35.7 Å². The molecule has 7 nitrogen and oxygen atoms in total. The van der Waals surface area contributed by atoms with E-state index in [0.29, 0.717) is 17.1 Å². The second-order valence-electron chi connectivity index (χ2n) is 5.41. The average Bonchev–Trinajstić information content (AvgIpc) is 3.10. The Hall–Kier alpha value is -3.19. The molecule has 0 aliphatic rings. The Bertz CT molecular complexity index is 960. The van der Waals surface area contributed by atoms with Crippen molar-refractivity contribution in [2.24, 2.45) is 0 Å². The van der Waals surface area contributed by atoms with Gasteiger partial charge in [0.05, 0.1) is 6.61 Å². The standard InChI is InChI=1S/C19H18N2O5/c1-3-25-19(23)14-11-26-17(13-7-5-4-6-8-13)15(16(14)22)18-20-9-10-21(18)12-24-2/h4-11H,3,12H2,1-2H3. The van der Waals surface area contributed by atoms with Gasteiger partial charge in [0, 0.05) is 25.1 Å². The van der Waals surface area contributed by atoms with Crippen LogP contribution in [0.5, 0.6) is 0 Å². The number of aromatic nitrogens is 2. The van der Waals surface area contributed by atoms with Crippen LogP contribution in [-0.2, 0) is 16.2 Å². The lowest BCUT2D eigenvalue weighted by molar-refractivity contribution is 0.0522. The van der Waals surface area contributed by atoms with Crippen LogP contribution in [0.2, 0.25) is 0 Å². The SMILES string of the molecule is CCOC(=O)c1coc(-c2ccccc2)c(-c2nccn2COC)c1=O. The predicted molar refractivity (Wildman–Crippen MR) is 94.6 cm³/mol. The fourth-order valence-corrected chi connectivity index (χ4v) is 2.60. The van der Waals surface area contributed by atoms with E-state index in [2.05, 4.69) is 4.98 Å². The van der Waals surface area contributed by atoms with Crippen molar-refractivity contribution in [1.29, 1.82) is 0 Å². The summed E-state index contributed by atoms with van der Waals surface area (Å²) in [5.74, 6) is -0.0511. The summed E-state index contributed by atoms with van der Waals surface area (Å²) in [5, 5.41) is 0. The van der Waals surface area contributed by atoms with Crippen LogP contribution in [0.1, 0.15) is 17.3 Å². The Morgan fingerprint density at radius 1 is 1.27 bits per heavy atom. The van der Waals surface area contributed by atoms with Crippen LogP contribution in [0.4, 0.5) is 0 Å². The summed E-state index contributed by atoms with van der Waals surface area (Å²) < 4.78 is 17.4. The molecule has 0 saturated carbocycles. The van der Waals surface area contributed by atoms with E-state index in [9.17, 15) is 9.59 Å². The molecule has 0 aliphatic heterocycles. The Balaban J connectivity index is 2.27. The van der Waals surface area contributed by atoms with E-state index < -0.39 is 11.4 Å². The number of carbonyl (C=O) groups is 1. The van der Waals surface area contributed by atoms with E-state index in [1.54, 1.807) is 31.0 Å². The quantitative estimate of drug-likeness (QED) is 0.633. The molecule has 2 heterocycles. The number of esters is 1. The van der Waals surface area contributed by atoms with Crippen LogP contribution in [0, 0.1) is 0 Å². The zero-order valence-corrected chi connectivity index (χ0v) is 14.5. The van der Waals surface area contributed by atoms with E-state index in [1.165, 1.54) is 0 Å². The highest BCUT2D eigenvalue weighted by Crippen LogP contribution is 2.29. The average molecular weight is 354 g/mol. The summed E-state index contributed by atoms with van der Waals surface area (Å²) in [5.41, 5.74) is 0.205. The third-order valence-corrected chi connectivity index (χ3v) is 3.73. The van der Waals surface area contributed by atoms with Crippen molar-refractivity contribution in [1.82, 2.24) is 9.55 Å². The van der Waals surface area contributed by atoms with Gasteiger partial charge in [0.25, 0.3) is 0 Å². The van der Waals surface area contributed by atoms with Crippen molar-refractivity contribution in [3.05, 3.63) is 64.8 Å². The maximum Gasteiger partial charge on any atom is 0.345 e. The molecule has 0 bridgehead atoms. The summed E-state index contributed by atoms with van der Waals surface area (Å²) in [6.45, 7) is 2.03. The lowest BCUT2D eigenvalue weighted by Crippen LogP contribution is -2.20. The van der Waals surface area contributed by atoms with Gasteiger partial charge in [-0.05, 0) is 6.92 Å². The molecular formula is C19H18N2O5. The molecule has 26 heavy (non-hydrogen) atoms. The van der Waals surface area contributed by atoms with Crippen LogP contribution < -0.4 is 5.43 Å². The number of hydrogen-bond acceptors (Lipinski definition) is 6. The third-order valence-electron chi connectivity index (χ3n) is 3.73. The number of methoxy groups -OCH3 is 1. The highest BCUT2D eigenvalue weighted by Gasteiger charge is 2.24. The molecule has 0 fully saturated rings. The topological polar surface area (TPSA) is 83.6 Å². The largest absolute Gasteiger partial charge is 0.462 e. The molecule has 134 valence electrons. The highest BCUT2D eigenvalue weighted by molar-refractivity contribution is 5.91.